The van der Waals surface area contributed by atoms with Gasteiger partial charge < -0.3 is 19.1 Å². The van der Waals surface area contributed by atoms with E-state index in [1.165, 1.54) is 0 Å². The van der Waals surface area contributed by atoms with E-state index in [1.54, 1.807) is 31.4 Å². The number of amides is 1. The molecule has 0 atom stereocenters. The van der Waals surface area contributed by atoms with Crippen LogP contribution in [0.1, 0.15) is 10.4 Å². The molecular weight excluding hydrogens is 380 g/mol. The van der Waals surface area contributed by atoms with Gasteiger partial charge in [0, 0.05) is 42.3 Å². The van der Waals surface area contributed by atoms with E-state index in [0.29, 0.717) is 54.4 Å². The van der Waals surface area contributed by atoms with E-state index in [-0.39, 0.29) is 5.91 Å². The third-order valence-electron chi connectivity index (χ3n) is 4.67. The normalized spacial score (nSPS) is 14.2. The minimum absolute atomic E-state index is 0.00840. The Morgan fingerprint density at radius 3 is 2.57 bits per heavy atom. The lowest BCUT2D eigenvalue weighted by molar-refractivity contribution is 0.0744. The first-order valence-electron chi connectivity index (χ1n) is 8.92. The number of piperazine rings is 1. The summed E-state index contributed by atoms with van der Waals surface area (Å²) in [5.41, 5.74) is 1.46. The predicted molar refractivity (Wildman–Crippen MR) is 106 cm³/mol. The fraction of sp³-hybridized carbons (Fsp3) is 0.250. The molecule has 1 aliphatic heterocycles. The molecule has 7 nitrogen and oxygen atoms in total. The van der Waals surface area contributed by atoms with Crippen LogP contribution in [-0.4, -0.2) is 54.2 Å². The summed E-state index contributed by atoms with van der Waals surface area (Å²) in [4.78, 5) is 21.0. The summed E-state index contributed by atoms with van der Waals surface area (Å²) >= 11 is 5.91. The number of rotatable bonds is 4. The summed E-state index contributed by atoms with van der Waals surface area (Å²) in [6.45, 7) is 2.40. The molecule has 144 valence electrons. The smallest absolute Gasteiger partial charge is 0.324 e. The third-order valence-corrected chi connectivity index (χ3v) is 4.92. The van der Waals surface area contributed by atoms with Gasteiger partial charge in [0.15, 0.2) is 0 Å². The van der Waals surface area contributed by atoms with Crippen molar-refractivity contribution in [2.45, 2.75) is 0 Å². The molecule has 1 amide bonds. The molecule has 2 aromatic carbocycles. The number of aromatic nitrogens is 2. The first-order chi connectivity index (χ1) is 13.6. The topological polar surface area (TPSA) is 71.7 Å². The summed E-state index contributed by atoms with van der Waals surface area (Å²) in [7, 11) is 1.59. The molecule has 3 aromatic rings. The second-order valence-electron chi connectivity index (χ2n) is 6.42. The second kappa shape index (κ2) is 7.90. The van der Waals surface area contributed by atoms with Crippen molar-refractivity contribution < 1.29 is 14.1 Å². The monoisotopic (exact) mass is 398 g/mol. The number of carbonyl (C=O) groups is 1. The van der Waals surface area contributed by atoms with Crippen molar-refractivity contribution in [1.29, 1.82) is 0 Å². The van der Waals surface area contributed by atoms with Crippen LogP contribution < -0.4 is 9.64 Å². The fourth-order valence-corrected chi connectivity index (χ4v) is 3.23. The van der Waals surface area contributed by atoms with Gasteiger partial charge in [-0.1, -0.05) is 22.8 Å². The number of hydrogen-bond donors (Lipinski definition) is 0. The zero-order valence-electron chi connectivity index (χ0n) is 15.3. The molecule has 0 radical (unpaired) electrons. The summed E-state index contributed by atoms with van der Waals surface area (Å²) in [6.07, 6.45) is 0. The highest BCUT2D eigenvalue weighted by molar-refractivity contribution is 6.30. The van der Waals surface area contributed by atoms with Crippen LogP contribution in [0.2, 0.25) is 5.02 Å². The van der Waals surface area contributed by atoms with Gasteiger partial charge in [-0.2, -0.15) is 4.98 Å². The van der Waals surface area contributed by atoms with Gasteiger partial charge in [-0.3, -0.25) is 4.79 Å². The molecule has 8 heteroatoms. The average molecular weight is 399 g/mol. The Hall–Kier alpha value is -3.06. The lowest BCUT2D eigenvalue weighted by Crippen LogP contribution is -2.48. The maximum Gasteiger partial charge on any atom is 0.324 e. The van der Waals surface area contributed by atoms with Crippen molar-refractivity contribution in [2.75, 3.05) is 38.2 Å². The molecule has 1 saturated heterocycles. The fourth-order valence-electron chi connectivity index (χ4n) is 3.10. The summed E-state index contributed by atoms with van der Waals surface area (Å²) < 4.78 is 10.6. The SMILES string of the molecule is COc1cccc(C(=O)N2CCN(c3nc(-c4ccc(Cl)cc4)no3)CC2)c1. The molecule has 4 rings (SSSR count). The van der Waals surface area contributed by atoms with Gasteiger partial charge in [-0.15, -0.1) is 0 Å². The largest absolute Gasteiger partial charge is 0.497 e. The molecule has 0 unspecified atom stereocenters. The Morgan fingerprint density at radius 1 is 1.11 bits per heavy atom. The Labute approximate surface area is 167 Å². The van der Waals surface area contributed by atoms with Crippen LogP contribution >= 0.6 is 11.6 Å². The van der Waals surface area contributed by atoms with Gasteiger partial charge in [0.25, 0.3) is 5.91 Å². The number of carbonyl (C=O) groups excluding carboxylic acids is 1. The van der Waals surface area contributed by atoms with Crippen molar-refractivity contribution in [3.8, 4) is 17.1 Å². The van der Waals surface area contributed by atoms with E-state index in [2.05, 4.69) is 10.1 Å². The molecule has 2 heterocycles. The number of methoxy groups -OCH3 is 1. The number of hydrogen-bond acceptors (Lipinski definition) is 6. The summed E-state index contributed by atoms with van der Waals surface area (Å²) in [5.74, 6) is 1.18. The van der Waals surface area contributed by atoms with Crippen LogP contribution in [0.3, 0.4) is 0 Å². The van der Waals surface area contributed by atoms with Gasteiger partial charge in [0.1, 0.15) is 5.75 Å². The highest BCUT2D eigenvalue weighted by Gasteiger charge is 2.25. The zero-order chi connectivity index (χ0) is 19.5. The number of ether oxygens (including phenoxy) is 1. The first kappa shape index (κ1) is 18.3. The molecule has 0 bridgehead atoms. The predicted octanol–water partition coefficient (Wildman–Crippen LogP) is 3.36. The highest BCUT2D eigenvalue weighted by atomic mass is 35.5. The number of nitrogens with zero attached hydrogens (tertiary/aromatic N) is 4. The van der Waals surface area contributed by atoms with Crippen molar-refractivity contribution in [3.05, 3.63) is 59.1 Å². The molecule has 0 aliphatic carbocycles. The Balaban J connectivity index is 1.40. The van der Waals surface area contributed by atoms with Crippen LogP contribution in [0.25, 0.3) is 11.4 Å². The Kier molecular flexibility index (Phi) is 5.16. The van der Waals surface area contributed by atoms with E-state index in [4.69, 9.17) is 20.9 Å². The van der Waals surface area contributed by atoms with Crippen molar-refractivity contribution in [2.24, 2.45) is 0 Å². The Morgan fingerprint density at radius 2 is 1.86 bits per heavy atom. The van der Waals surface area contributed by atoms with Gasteiger partial charge in [-0.05, 0) is 42.5 Å². The Bertz CT molecular complexity index is 966. The highest BCUT2D eigenvalue weighted by Crippen LogP contribution is 2.23. The lowest BCUT2D eigenvalue weighted by Gasteiger charge is -2.33. The van der Waals surface area contributed by atoms with Crippen molar-refractivity contribution >= 4 is 23.5 Å². The standard InChI is InChI=1S/C20H19ClN4O3/c1-27-17-4-2-3-15(13-17)19(26)24-9-11-25(12-10-24)20-22-18(23-28-20)14-5-7-16(21)8-6-14/h2-8,13H,9-12H2,1H3. The quantitative estimate of drug-likeness (QED) is 0.671. The van der Waals surface area contributed by atoms with E-state index in [9.17, 15) is 4.79 Å². The van der Waals surface area contributed by atoms with Crippen LogP contribution in [0, 0.1) is 0 Å². The zero-order valence-corrected chi connectivity index (χ0v) is 16.1. The molecule has 1 aromatic heterocycles. The molecular formula is C20H19ClN4O3. The molecule has 1 fully saturated rings. The molecule has 0 spiro atoms. The van der Waals surface area contributed by atoms with Crippen LogP contribution in [0.15, 0.2) is 53.1 Å². The molecule has 0 saturated carbocycles. The molecule has 1 aliphatic rings. The molecule has 0 N–H and O–H groups in total. The van der Waals surface area contributed by atoms with Crippen LogP contribution in [-0.2, 0) is 0 Å². The average Bonchev–Trinajstić information content (AvgIpc) is 3.24. The maximum absolute atomic E-state index is 12.7. The van der Waals surface area contributed by atoms with Crippen LogP contribution in [0.4, 0.5) is 6.01 Å². The summed E-state index contributed by atoms with van der Waals surface area (Å²) in [5, 5.41) is 4.70. The first-order valence-corrected chi connectivity index (χ1v) is 9.30. The maximum atomic E-state index is 12.7. The molecule has 28 heavy (non-hydrogen) atoms. The van der Waals surface area contributed by atoms with E-state index in [0.717, 1.165) is 5.56 Å². The third kappa shape index (κ3) is 3.80. The summed E-state index contributed by atoms with van der Waals surface area (Å²) in [6, 6.07) is 14.9. The number of benzene rings is 2. The van der Waals surface area contributed by atoms with Gasteiger partial charge in [0.05, 0.1) is 7.11 Å². The van der Waals surface area contributed by atoms with Gasteiger partial charge >= 0.3 is 6.01 Å². The second-order valence-corrected chi connectivity index (χ2v) is 6.86. The number of anilines is 1. The lowest BCUT2D eigenvalue weighted by atomic mass is 10.1. The minimum Gasteiger partial charge on any atom is -0.497 e. The van der Waals surface area contributed by atoms with Gasteiger partial charge in [-0.25, -0.2) is 0 Å². The van der Waals surface area contributed by atoms with Crippen molar-refractivity contribution in [1.82, 2.24) is 15.0 Å². The number of halogens is 1. The minimum atomic E-state index is -0.00840. The van der Waals surface area contributed by atoms with Gasteiger partial charge in [0.2, 0.25) is 5.82 Å². The van der Waals surface area contributed by atoms with Crippen LogP contribution in [0.5, 0.6) is 5.75 Å². The van der Waals surface area contributed by atoms with E-state index in [1.807, 2.05) is 34.1 Å². The van der Waals surface area contributed by atoms with E-state index < -0.39 is 0 Å². The van der Waals surface area contributed by atoms with E-state index >= 15 is 0 Å². The van der Waals surface area contributed by atoms with Crippen molar-refractivity contribution in [3.63, 3.8) is 0 Å².